The van der Waals surface area contributed by atoms with Crippen molar-refractivity contribution in [1.29, 1.82) is 0 Å². The number of rotatable bonds is 8. The van der Waals surface area contributed by atoms with E-state index in [1.807, 2.05) is 36.1 Å². The highest BCUT2D eigenvalue weighted by atomic mass is 19.1. The maximum Gasteiger partial charge on any atom is 0.137 e. The highest BCUT2D eigenvalue weighted by Crippen LogP contribution is 2.28. The van der Waals surface area contributed by atoms with Gasteiger partial charge in [0.05, 0.1) is 13.1 Å². The largest absolute Gasteiger partial charge is 0.382 e. The molecule has 0 saturated carbocycles. The fourth-order valence-electron chi connectivity index (χ4n) is 3.41. The molecule has 0 fully saturated rings. The van der Waals surface area contributed by atoms with Gasteiger partial charge in [0, 0.05) is 24.7 Å². The van der Waals surface area contributed by atoms with Gasteiger partial charge < -0.3 is 5.11 Å². The average Bonchev–Trinajstić information content (AvgIpc) is 3.14. The van der Waals surface area contributed by atoms with E-state index in [0.717, 1.165) is 23.3 Å². The fourth-order valence-corrected chi connectivity index (χ4v) is 3.41. The van der Waals surface area contributed by atoms with Crippen molar-refractivity contribution in [2.75, 3.05) is 13.1 Å². The van der Waals surface area contributed by atoms with Gasteiger partial charge in [-0.05, 0) is 18.6 Å². The van der Waals surface area contributed by atoms with E-state index in [-0.39, 0.29) is 25.2 Å². The van der Waals surface area contributed by atoms with E-state index in [9.17, 15) is 13.9 Å². The molecule has 0 saturated heterocycles. The first-order chi connectivity index (χ1) is 13.9. The molecule has 0 spiro atoms. The van der Waals surface area contributed by atoms with Crippen LogP contribution in [0.25, 0.3) is 0 Å². The molecule has 0 aliphatic carbocycles. The van der Waals surface area contributed by atoms with Gasteiger partial charge >= 0.3 is 0 Å². The molecule has 5 nitrogen and oxygen atoms in total. The minimum absolute atomic E-state index is 0.0214. The number of aliphatic hydroxyl groups is 1. The molecule has 0 aliphatic heterocycles. The first kappa shape index (κ1) is 20.6. The standard InChI is InChI=1S/C22H22F2N4O/c1-3-9-27(12-18-6-4-5-17(2)10-18)13-22(29,14-28-16-25-15-26-28)20-8-7-19(23)11-21(20)24/h1,4-8,10-11,15-16,29H,9,12-14H2,2H3. The number of halogens is 2. The molecule has 29 heavy (non-hydrogen) atoms. The van der Waals surface area contributed by atoms with E-state index in [4.69, 9.17) is 6.42 Å². The average molecular weight is 396 g/mol. The van der Waals surface area contributed by atoms with Gasteiger partial charge in [-0.25, -0.2) is 18.4 Å². The summed E-state index contributed by atoms with van der Waals surface area (Å²) < 4.78 is 29.4. The summed E-state index contributed by atoms with van der Waals surface area (Å²) in [7, 11) is 0. The number of terminal acetylenes is 1. The Labute approximate surface area is 168 Å². The summed E-state index contributed by atoms with van der Waals surface area (Å²) in [6.45, 7) is 2.66. The number of nitrogens with zero attached hydrogens (tertiary/aromatic N) is 4. The van der Waals surface area contributed by atoms with Crippen LogP contribution < -0.4 is 0 Å². The zero-order valence-corrected chi connectivity index (χ0v) is 16.1. The molecule has 1 heterocycles. The van der Waals surface area contributed by atoms with Gasteiger partial charge in [0.2, 0.25) is 0 Å². The minimum atomic E-state index is -1.70. The Morgan fingerprint density at radius 2 is 2.07 bits per heavy atom. The molecule has 1 atom stereocenters. The highest BCUT2D eigenvalue weighted by Gasteiger charge is 2.35. The molecule has 1 aromatic heterocycles. The SMILES string of the molecule is C#CCN(Cc1cccc(C)c1)CC(O)(Cn1cncn1)c1ccc(F)cc1F. The van der Waals surface area contributed by atoms with Crippen LogP contribution in [0.2, 0.25) is 0 Å². The van der Waals surface area contributed by atoms with Crippen molar-refractivity contribution in [3.8, 4) is 12.3 Å². The predicted molar refractivity (Wildman–Crippen MR) is 106 cm³/mol. The Balaban J connectivity index is 1.94. The van der Waals surface area contributed by atoms with Crippen molar-refractivity contribution in [3.63, 3.8) is 0 Å². The third-order valence-corrected chi connectivity index (χ3v) is 4.61. The Kier molecular flexibility index (Phi) is 6.37. The zero-order chi connectivity index (χ0) is 20.9. The summed E-state index contributed by atoms with van der Waals surface area (Å²) in [5.74, 6) is 1.04. The van der Waals surface area contributed by atoms with E-state index >= 15 is 0 Å². The smallest absolute Gasteiger partial charge is 0.137 e. The number of benzene rings is 2. The van der Waals surface area contributed by atoms with E-state index < -0.39 is 17.2 Å². The first-order valence-electron chi connectivity index (χ1n) is 9.11. The summed E-state index contributed by atoms with van der Waals surface area (Å²) in [6, 6.07) is 11.1. The second kappa shape index (κ2) is 8.95. The van der Waals surface area contributed by atoms with Gasteiger partial charge in [-0.2, -0.15) is 5.10 Å². The maximum atomic E-state index is 14.6. The summed E-state index contributed by atoms with van der Waals surface area (Å²) in [5, 5.41) is 15.5. The van der Waals surface area contributed by atoms with Crippen LogP contribution in [0, 0.1) is 30.9 Å². The summed E-state index contributed by atoms with van der Waals surface area (Å²) in [5.41, 5.74) is 0.390. The van der Waals surface area contributed by atoms with E-state index in [0.29, 0.717) is 6.54 Å². The number of hydrogen-bond acceptors (Lipinski definition) is 4. The lowest BCUT2D eigenvalue weighted by molar-refractivity contribution is -0.0205. The van der Waals surface area contributed by atoms with Gasteiger partial charge in [0.1, 0.15) is 29.9 Å². The number of hydrogen-bond donors (Lipinski definition) is 1. The third kappa shape index (κ3) is 5.25. The van der Waals surface area contributed by atoms with Crippen molar-refractivity contribution in [1.82, 2.24) is 19.7 Å². The Hall–Kier alpha value is -3.08. The van der Waals surface area contributed by atoms with Crippen LogP contribution in [0.3, 0.4) is 0 Å². The van der Waals surface area contributed by atoms with Gasteiger partial charge in [-0.1, -0.05) is 41.8 Å². The van der Waals surface area contributed by atoms with Crippen LogP contribution in [0.5, 0.6) is 0 Å². The lowest BCUT2D eigenvalue weighted by Crippen LogP contribution is -2.44. The quantitative estimate of drug-likeness (QED) is 0.595. The molecule has 150 valence electrons. The molecule has 0 aliphatic rings. The molecular formula is C22H22F2N4O. The number of aryl methyl sites for hydroxylation is 1. The summed E-state index contributed by atoms with van der Waals surface area (Å²) in [6.07, 6.45) is 8.29. The fraction of sp³-hybridized carbons (Fsp3) is 0.273. The van der Waals surface area contributed by atoms with Crippen molar-refractivity contribution < 1.29 is 13.9 Å². The Morgan fingerprint density at radius 1 is 1.24 bits per heavy atom. The van der Waals surface area contributed by atoms with E-state index in [2.05, 4.69) is 16.0 Å². The van der Waals surface area contributed by atoms with E-state index in [1.54, 1.807) is 0 Å². The molecule has 0 amide bonds. The monoisotopic (exact) mass is 396 g/mol. The van der Waals surface area contributed by atoms with Crippen LogP contribution >= 0.6 is 0 Å². The summed E-state index contributed by atoms with van der Waals surface area (Å²) >= 11 is 0. The molecule has 2 aromatic carbocycles. The van der Waals surface area contributed by atoms with Crippen molar-refractivity contribution in [3.05, 3.63) is 83.4 Å². The topological polar surface area (TPSA) is 54.2 Å². The molecule has 3 rings (SSSR count). The summed E-state index contributed by atoms with van der Waals surface area (Å²) in [4.78, 5) is 5.71. The van der Waals surface area contributed by atoms with Crippen molar-refractivity contribution in [2.45, 2.75) is 25.6 Å². The lowest BCUT2D eigenvalue weighted by atomic mass is 9.92. The van der Waals surface area contributed by atoms with Crippen LogP contribution in [0.15, 0.2) is 55.1 Å². The second-order valence-electron chi connectivity index (χ2n) is 7.09. The van der Waals surface area contributed by atoms with Crippen LogP contribution in [-0.2, 0) is 18.7 Å². The zero-order valence-electron chi connectivity index (χ0n) is 16.1. The van der Waals surface area contributed by atoms with Gasteiger partial charge in [0.15, 0.2) is 0 Å². The minimum Gasteiger partial charge on any atom is -0.382 e. The van der Waals surface area contributed by atoms with Crippen LogP contribution in [0.4, 0.5) is 8.78 Å². The van der Waals surface area contributed by atoms with Gasteiger partial charge in [0.25, 0.3) is 0 Å². The maximum absolute atomic E-state index is 14.6. The molecular weight excluding hydrogens is 374 g/mol. The van der Waals surface area contributed by atoms with Gasteiger partial charge in [-0.3, -0.25) is 4.90 Å². The first-order valence-corrected chi connectivity index (χ1v) is 9.11. The number of aromatic nitrogens is 3. The van der Waals surface area contributed by atoms with Crippen molar-refractivity contribution in [2.24, 2.45) is 0 Å². The molecule has 0 bridgehead atoms. The second-order valence-corrected chi connectivity index (χ2v) is 7.09. The predicted octanol–water partition coefficient (Wildman–Crippen LogP) is 2.89. The highest BCUT2D eigenvalue weighted by molar-refractivity contribution is 5.26. The molecule has 1 N–H and O–H groups in total. The molecule has 3 aromatic rings. The Bertz CT molecular complexity index is 1000. The molecule has 7 heteroatoms. The van der Waals surface area contributed by atoms with Crippen molar-refractivity contribution >= 4 is 0 Å². The van der Waals surface area contributed by atoms with Crippen LogP contribution in [-0.4, -0.2) is 37.9 Å². The molecule has 0 radical (unpaired) electrons. The van der Waals surface area contributed by atoms with Gasteiger partial charge in [-0.15, -0.1) is 6.42 Å². The van der Waals surface area contributed by atoms with Crippen LogP contribution in [0.1, 0.15) is 16.7 Å². The van der Waals surface area contributed by atoms with E-state index in [1.165, 1.54) is 23.4 Å². The third-order valence-electron chi connectivity index (χ3n) is 4.61. The Morgan fingerprint density at radius 3 is 2.72 bits per heavy atom. The normalized spacial score (nSPS) is 13.2. The molecule has 1 unspecified atom stereocenters. The lowest BCUT2D eigenvalue weighted by Gasteiger charge is -2.34.